The summed E-state index contributed by atoms with van der Waals surface area (Å²) in [7, 11) is -3.74. The quantitative estimate of drug-likeness (QED) is 0.515. The topological polar surface area (TPSA) is 171 Å². The number of aliphatic imine (C=N–C) groups is 1. The Morgan fingerprint density at radius 1 is 1.27 bits per heavy atom. The van der Waals surface area contributed by atoms with Crippen LogP contribution in [0.5, 0.6) is 0 Å². The third-order valence-corrected chi connectivity index (χ3v) is 7.57. The highest BCUT2D eigenvalue weighted by molar-refractivity contribution is 7.89. The number of nitrogens with zero attached hydrogens (tertiary/aromatic N) is 4. The van der Waals surface area contributed by atoms with Crippen LogP contribution in [0.1, 0.15) is 30.0 Å². The number of amides is 1. The number of anilines is 1. The first-order chi connectivity index (χ1) is 15.6. The lowest BCUT2D eigenvalue weighted by atomic mass is 9.68. The van der Waals surface area contributed by atoms with Crippen LogP contribution in [-0.4, -0.2) is 54.9 Å². The minimum Gasteiger partial charge on any atom is -0.368 e. The summed E-state index contributed by atoms with van der Waals surface area (Å²) in [6.07, 6.45) is 4.35. The minimum atomic E-state index is -3.74. The molecule has 33 heavy (non-hydrogen) atoms. The third-order valence-electron chi connectivity index (χ3n) is 6.51. The molecule has 2 aliphatic rings. The first-order valence-electron chi connectivity index (χ1n) is 10.5. The van der Waals surface area contributed by atoms with Gasteiger partial charge in [0.15, 0.2) is 5.82 Å². The summed E-state index contributed by atoms with van der Waals surface area (Å²) < 4.78 is 23.6. The van der Waals surface area contributed by atoms with Crippen molar-refractivity contribution < 1.29 is 13.2 Å². The standard InChI is InChI=1S/C21H26ClN7O3S/c22-14-3-1-13(2-4-14)15(6-10-33(25,31)32)16-11-29(9-7-21(16,24)20(23)30)19-18-17(5-8-26-18)27-12-28-19/h1-4,8,12,15-16H,5-7,9-11,24H2,(H2,23,30)(H2,25,31,32). The maximum absolute atomic E-state index is 12.6. The number of primary sulfonamides is 1. The van der Waals surface area contributed by atoms with E-state index in [2.05, 4.69) is 15.0 Å². The van der Waals surface area contributed by atoms with Gasteiger partial charge in [0.05, 0.1) is 11.4 Å². The molecule has 2 aromatic rings. The Kier molecular flexibility index (Phi) is 6.41. The summed E-state index contributed by atoms with van der Waals surface area (Å²) in [6, 6.07) is 7.05. The molecule has 12 heteroatoms. The zero-order valence-corrected chi connectivity index (χ0v) is 19.5. The second-order valence-electron chi connectivity index (χ2n) is 8.53. The molecule has 3 unspecified atom stereocenters. The first kappa shape index (κ1) is 23.6. The molecule has 4 rings (SSSR count). The van der Waals surface area contributed by atoms with Crippen molar-refractivity contribution in [1.29, 1.82) is 0 Å². The van der Waals surface area contributed by atoms with E-state index in [4.69, 9.17) is 28.2 Å². The first-order valence-corrected chi connectivity index (χ1v) is 12.6. The zero-order valence-electron chi connectivity index (χ0n) is 17.9. The molecule has 3 heterocycles. The fourth-order valence-electron chi connectivity index (χ4n) is 4.72. The average Bonchev–Trinajstić information content (AvgIpc) is 3.24. The van der Waals surface area contributed by atoms with Crippen LogP contribution in [0.3, 0.4) is 0 Å². The van der Waals surface area contributed by atoms with Gasteiger partial charge < -0.3 is 16.4 Å². The number of halogens is 1. The van der Waals surface area contributed by atoms with Gasteiger partial charge in [-0.3, -0.25) is 9.79 Å². The van der Waals surface area contributed by atoms with Crippen molar-refractivity contribution in [2.75, 3.05) is 23.7 Å². The van der Waals surface area contributed by atoms with Gasteiger partial charge in [-0.2, -0.15) is 0 Å². The monoisotopic (exact) mass is 491 g/mol. The van der Waals surface area contributed by atoms with Crippen LogP contribution in [0.25, 0.3) is 0 Å². The molecule has 6 N–H and O–H groups in total. The van der Waals surface area contributed by atoms with E-state index in [9.17, 15) is 13.2 Å². The molecule has 2 aliphatic heterocycles. The van der Waals surface area contributed by atoms with E-state index in [1.54, 1.807) is 18.3 Å². The fourth-order valence-corrected chi connectivity index (χ4v) is 5.43. The van der Waals surface area contributed by atoms with Gasteiger partial charge in [0.2, 0.25) is 15.9 Å². The van der Waals surface area contributed by atoms with E-state index in [0.717, 1.165) is 11.3 Å². The number of hydrogen-bond donors (Lipinski definition) is 3. The molecule has 1 aromatic carbocycles. The molecule has 1 amide bonds. The van der Waals surface area contributed by atoms with E-state index in [-0.39, 0.29) is 18.6 Å². The van der Waals surface area contributed by atoms with Crippen LogP contribution < -0.4 is 21.5 Å². The smallest absolute Gasteiger partial charge is 0.237 e. The molecule has 0 spiro atoms. The van der Waals surface area contributed by atoms with Crippen LogP contribution in [0.2, 0.25) is 5.02 Å². The van der Waals surface area contributed by atoms with E-state index in [1.165, 1.54) is 6.33 Å². The number of rotatable bonds is 7. The highest BCUT2D eigenvalue weighted by atomic mass is 35.5. The molecule has 3 atom stereocenters. The number of nitrogens with two attached hydrogens (primary N) is 3. The van der Waals surface area contributed by atoms with Crippen molar-refractivity contribution in [3.8, 4) is 0 Å². The van der Waals surface area contributed by atoms with Gasteiger partial charge in [-0.15, -0.1) is 0 Å². The summed E-state index contributed by atoms with van der Waals surface area (Å²) in [5.74, 6) is -1.17. The minimum absolute atomic E-state index is 0.172. The second kappa shape index (κ2) is 8.98. The Labute approximate surface area is 197 Å². The normalized spacial score (nSPS) is 23.4. The van der Waals surface area contributed by atoms with Crippen molar-refractivity contribution >= 4 is 45.3 Å². The molecular formula is C21H26ClN7O3S. The van der Waals surface area contributed by atoms with Crippen molar-refractivity contribution in [2.45, 2.75) is 30.7 Å². The van der Waals surface area contributed by atoms with Gasteiger partial charge >= 0.3 is 0 Å². The van der Waals surface area contributed by atoms with Crippen molar-refractivity contribution in [2.24, 2.45) is 27.5 Å². The number of sulfonamides is 1. The maximum atomic E-state index is 12.6. The Morgan fingerprint density at radius 3 is 2.67 bits per heavy atom. The molecule has 1 saturated heterocycles. The summed E-state index contributed by atoms with van der Waals surface area (Å²) in [5.41, 5.74) is 13.4. The fraction of sp³-hybridized carbons (Fsp3) is 0.429. The lowest BCUT2D eigenvalue weighted by Gasteiger charge is -2.47. The SMILES string of the molecule is NC(=O)C1(N)CCN(c2ncnc3c2N=CC3)CC1C(CCS(N)(=O)=O)c1ccc(Cl)cc1. The number of fused-ring (bicyclic) bond motifs is 1. The van der Waals surface area contributed by atoms with Crippen molar-refractivity contribution in [3.05, 3.63) is 46.9 Å². The number of primary amides is 1. The van der Waals surface area contributed by atoms with Crippen LogP contribution in [0, 0.1) is 5.92 Å². The van der Waals surface area contributed by atoms with Crippen LogP contribution in [0.4, 0.5) is 11.5 Å². The molecule has 0 aliphatic carbocycles. The number of aromatic nitrogens is 2. The summed E-state index contributed by atoms with van der Waals surface area (Å²) in [5, 5.41) is 5.85. The van der Waals surface area contributed by atoms with Gasteiger partial charge in [-0.25, -0.2) is 23.5 Å². The molecule has 0 bridgehead atoms. The Morgan fingerprint density at radius 2 is 2.00 bits per heavy atom. The van der Waals surface area contributed by atoms with Gasteiger partial charge in [0, 0.05) is 36.7 Å². The van der Waals surface area contributed by atoms with Gasteiger partial charge in [0.1, 0.15) is 17.6 Å². The van der Waals surface area contributed by atoms with Crippen LogP contribution in [0.15, 0.2) is 35.6 Å². The van der Waals surface area contributed by atoms with Crippen molar-refractivity contribution in [3.63, 3.8) is 0 Å². The maximum Gasteiger partial charge on any atom is 0.237 e. The molecule has 1 fully saturated rings. The highest BCUT2D eigenvalue weighted by Crippen LogP contribution is 2.42. The van der Waals surface area contributed by atoms with E-state index >= 15 is 0 Å². The number of benzene rings is 1. The van der Waals surface area contributed by atoms with E-state index in [1.807, 2.05) is 17.0 Å². The Balaban J connectivity index is 1.75. The predicted molar refractivity (Wildman–Crippen MR) is 127 cm³/mol. The molecule has 1 aromatic heterocycles. The Hall–Kier alpha value is -2.60. The zero-order chi connectivity index (χ0) is 23.8. The second-order valence-corrected chi connectivity index (χ2v) is 10.7. The lowest BCUT2D eigenvalue weighted by Crippen LogP contribution is -2.65. The molecule has 176 valence electrons. The third kappa shape index (κ3) is 4.86. The van der Waals surface area contributed by atoms with Gasteiger partial charge in [0.25, 0.3) is 0 Å². The van der Waals surface area contributed by atoms with Gasteiger partial charge in [-0.05, 0) is 36.5 Å². The Bertz CT molecular complexity index is 1190. The predicted octanol–water partition coefficient (Wildman–Crippen LogP) is 0.860. The summed E-state index contributed by atoms with van der Waals surface area (Å²) >= 11 is 6.07. The largest absolute Gasteiger partial charge is 0.368 e. The summed E-state index contributed by atoms with van der Waals surface area (Å²) in [6.45, 7) is 0.772. The summed E-state index contributed by atoms with van der Waals surface area (Å²) in [4.78, 5) is 27.7. The van der Waals surface area contributed by atoms with E-state index < -0.39 is 33.3 Å². The van der Waals surface area contributed by atoms with Crippen LogP contribution >= 0.6 is 11.6 Å². The lowest BCUT2D eigenvalue weighted by molar-refractivity contribution is -0.126. The molecule has 10 nitrogen and oxygen atoms in total. The van der Waals surface area contributed by atoms with Crippen LogP contribution in [-0.2, 0) is 21.2 Å². The number of carbonyl (C=O) groups is 1. The number of hydrogen-bond acceptors (Lipinski definition) is 8. The molecular weight excluding hydrogens is 466 g/mol. The highest BCUT2D eigenvalue weighted by Gasteiger charge is 2.49. The van der Waals surface area contributed by atoms with E-state index in [0.29, 0.717) is 36.0 Å². The molecule has 0 saturated carbocycles. The number of carbonyl (C=O) groups excluding carboxylic acids is 1. The molecule has 0 radical (unpaired) electrons. The van der Waals surface area contributed by atoms with Gasteiger partial charge in [-0.1, -0.05) is 23.7 Å². The average molecular weight is 492 g/mol. The number of piperidine rings is 1. The van der Waals surface area contributed by atoms with Crippen molar-refractivity contribution in [1.82, 2.24) is 9.97 Å².